The second-order valence-corrected chi connectivity index (χ2v) is 4.45. The number of nitro groups is 1. The molecule has 2 rings (SSSR count). The molecule has 0 bridgehead atoms. The number of benzene rings is 2. The van der Waals surface area contributed by atoms with E-state index in [1.807, 2.05) is 0 Å². The summed E-state index contributed by atoms with van der Waals surface area (Å²) < 4.78 is 13.2. The first-order chi connectivity index (χ1) is 9.88. The van der Waals surface area contributed by atoms with Crippen LogP contribution in [0.5, 0.6) is 0 Å². The average Bonchev–Trinajstić information content (AvgIpc) is 2.42. The van der Waals surface area contributed by atoms with Crippen molar-refractivity contribution in [3.8, 4) is 0 Å². The third-order valence-corrected chi connectivity index (χ3v) is 2.88. The van der Waals surface area contributed by atoms with Crippen molar-refractivity contribution in [1.29, 1.82) is 0 Å². The van der Waals surface area contributed by atoms with Gasteiger partial charge in [0.25, 0.3) is 11.6 Å². The molecule has 0 fully saturated rings. The monoisotopic (exact) mass is 289 g/mol. The molecule has 3 N–H and O–H groups in total. The molecular formula is C14H12FN3O3. The minimum Gasteiger partial charge on any atom is -0.399 e. The van der Waals surface area contributed by atoms with Crippen LogP contribution in [0.2, 0.25) is 0 Å². The van der Waals surface area contributed by atoms with Crippen molar-refractivity contribution >= 4 is 23.0 Å². The number of nitrogens with zero attached hydrogens (tertiary/aromatic N) is 1. The van der Waals surface area contributed by atoms with E-state index in [4.69, 9.17) is 5.73 Å². The Morgan fingerprint density at radius 1 is 1.29 bits per heavy atom. The predicted octanol–water partition coefficient (Wildman–Crippen LogP) is 2.88. The summed E-state index contributed by atoms with van der Waals surface area (Å²) in [5.41, 5.74) is 5.99. The smallest absolute Gasteiger partial charge is 0.282 e. The van der Waals surface area contributed by atoms with Crippen LogP contribution in [0.25, 0.3) is 0 Å². The largest absolute Gasteiger partial charge is 0.399 e. The lowest BCUT2D eigenvalue weighted by Crippen LogP contribution is -2.14. The SMILES string of the molecule is Cc1cc(NC(=O)c2cc(N)ccc2[N+](=O)[O-])ccc1F. The molecular weight excluding hydrogens is 277 g/mol. The first kappa shape index (κ1) is 14.4. The number of nitrogens with one attached hydrogen (secondary N) is 1. The number of anilines is 2. The van der Waals surface area contributed by atoms with Gasteiger partial charge >= 0.3 is 0 Å². The summed E-state index contributed by atoms with van der Waals surface area (Å²) in [4.78, 5) is 22.4. The molecule has 0 aliphatic carbocycles. The first-order valence-corrected chi connectivity index (χ1v) is 6.00. The van der Waals surface area contributed by atoms with Gasteiger partial charge in [-0.05, 0) is 42.8 Å². The van der Waals surface area contributed by atoms with Gasteiger partial charge in [0.2, 0.25) is 0 Å². The van der Waals surface area contributed by atoms with Crippen molar-refractivity contribution < 1.29 is 14.1 Å². The number of nitro benzene ring substituents is 1. The van der Waals surface area contributed by atoms with Gasteiger partial charge in [0.15, 0.2) is 0 Å². The van der Waals surface area contributed by atoms with E-state index in [-0.39, 0.29) is 16.9 Å². The fourth-order valence-electron chi connectivity index (χ4n) is 1.82. The lowest BCUT2D eigenvalue weighted by atomic mass is 10.1. The molecule has 0 saturated carbocycles. The minimum atomic E-state index is -0.681. The molecule has 1 amide bonds. The van der Waals surface area contributed by atoms with Gasteiger partial charge in [-0.1, -0.05) is 0 Å². The minimum absolute atomic E-state index is 0.151. The van der Waals surface area contributed by atoms with Gasteiger partial charge in [0, 0.05) is 17.4 Å². The quantitative estimate of drug-likeness (QED) is 0.515. The molecule has 0 aliphatic heterocycles. The Balaban J connectivity index is 2.34. The van der Waals surface area contributed by atoms with Crippen molar-refractivity contribution in [2.45, 2.75) is 6.92 Å². The fraction of sp³-hybridized carbons (Fsp3) is 0.0714. The predicted molar refractivity (Wildman–Crippen MR) is 76.6 cm³/mol. The van der Waals surface area contributed by atoms with Gasteiger partial charge in [0.05, 0.1) is 4.92 Å². The van der Waals surface area contributed by atoms with Gasteiger partial charge in [-0.15, -0.1) is 0 Å². The molecule has 0 spiro atoms. The highest BCUT2D eigenvalue weighted by molar-refractivity contribution is 6.07. The van der Waals surface area contributed by atoms with Crippen molar-refractivity contribution in [3.05, 3.63) is 63.5 Å². The second-order valence-electron chi connectivity index (χ2n) is 4.45. The molecule has 2 aromatic rings. The molecule has 0 atom stereocenters. The van der Waals surface area contributed by atoms with E-state index in [1.54, 1.807) is 6.92 Å². The van der Waals surface area contributed by atoms with Gasteiger partial charge < -0.3 is 11.1 Å². The van der Waals surface area contributed by atoms with Crippen molar-refractivity contribution in [1.82, 2.24) is 0 Å². The van der Waals surface area contributed by atoms with Crippen LogP contribution < -0.4 is 11.1 Å². The molecule has 2 aromatic carbocycles. The molecule has 0 aliphatic rings. The molecule has 0 unspecified atom stereocenters. The maximum absolute atomic E-state index is 13.2. The van der Waals surface area contributed by atoms with Crippen LogP contribution in [0.1, 0.15) is 15.9 Å². The summed E-state index contributed by atoms with van der Waals surface area (Å²) in [7, 11) is 0. The number of hydrogen-bond acceptors (Lipinski definition) is 4. The molecule has 0 aromatic heterocycles. The average molecular weight is 289 g/mol. The van der Waals surface area contributed by atoms with E-state index in [1.165, 1.54) is 36.4 Å². The Morgan fingerprint density at radius 3 is 2.62 bits per heavy atom. The summed E-state index contributed by atoms with van der Waals surface area (Å²) in [5.74, 6) is -1.08. The maximum atomic E-state index is 13.2. The van der Waals surface area contributed by atoms with E-state index >= 15 is 0 Å². The van der Waals surface area contributed by atoms with E-state index < -0.39 is 16.6 Å². The Morgan fingerprint density at radius 2 is 2.00 bits per heavy atom. The van der Waals surface area contributed by atoms with Crippen LogP contribution in [-0.4, -0.2) is 10.8 Å². The lowest BCUT2D eigenvalue weighted by Gasteiger charge is -2.07. The fourth-order valence-corrected chi connectivity index (χ4v) is 1.82. The zero-order valence-electron chi connectivity index (χ0n) is 11.1. The van der Waals surface area contributed by atoms with Crippen LogP contribution in [0.4, 0.5) is 21.5 Å². The third-order valence-electron chi connectivity index (χ3n) is 2.88. The number of carbonyl (C=O) groups excluding carboxylic acids is 1. The number of carbonyl (C=O) groups is 1. The van der Waals surface area contributed by atoms with E-state index in [0.29, 0.717) is 11.3 Å². The second kappa shape index (κ2) is 5.58. The van der Waals surface area contributed by atoms with Gasteiger partial charge in [-0.3, -0.25) is 14.9 Å². The molecule has 6 nitrogen and oxygen atoms in total. The number of amides is 1. The van der Waals surface area contributed by atoms with Crippen molar-refractivity contribution in [2.24, 2.45) is 0 Å². The summed E-state index contributed by atoms with van der Waals surface area (Å²) in [5, 5.41) is 13.4. The topological polar surface area (TPSA) is 98.3 Å². The van der Waals surface area contributed by atoms with E-state index in [2.05, 4.69) is 5.32 Å². The summed E-state index contributed by atoms with van der Waals surface area (Å²) in [6.07, 6.45) is 0. The summed E-state index contributed by atoms with van der Waals surface area (Å²) in [6.45, 7) is 1.55. The molecule has 0 saturated heterocycles. The number of nitrogens with two attached hydrogens (primary N) is 1. The van der Waals surface area contributed by atoms with Crippen LogP contribution in [-0.2, 0) is 0 Å². The third kappa shape index (κ3) is 3.14. The van der Waals surface area contributed by atoms with Crippen molar-refractivity contribution in [2.75, 3.05) is 11.1 Å². The van der Waals surface area contributed by atoms with Crippen LogP contribution >= 0.6 is 0 Å². The number of hydrogen-bond donors (Lipinski definition) is 2. The van der Waals surface area contributed by atoms with Gasteiger partial charge in [-0.25, -0.2) is 4.39 Å². The Hall–Kier alpha value is -2.96. The molecule has 108 valence electrons. The standard InChI is InChI=1S/C14H12FN3O3/c1-8-6-10(3-4-12(8)15)17-14(19)11-7-9(16)2-5-13(11)18(20)21/h2-7H,16H2,1H3,(H,17,19). The molecule has 0 radical (unpaired) electrons. The molecule has 7 heteroatoms. The highest BCUT2D eigenvalue weighted by Crippen LogP contribution is 2.23. The van der Waals surface area contributed by atoms with Crippen LogP contribution in [0, 0.1) is 22.9 Å². The number of rotatable bonds is 3. The Bertz CT molecular complexity index is 731. The zero-order valence-corrected chi connectivity index (χ0v) is 11.1. The van der Waals surface area contributed by atoms with Gasteiger partial charge in [0.1, 0.15) is 11.4 Å². The van der Waals surface area contributed by atoms with E-state index in [9.17, 15) is 19.3 Å². The maximum Gasteiger partial charge on any atom is 0.282 e. The summed E-state index contributed by atoms with van der Waals surface area (Å²) >= 11 is 0. The molecule has 0 heterocycles. The number of nitrogen functional groups attached to an aromatic ring is 1. The number of aryl methyl sites for hydroxylation is 1. The highest BCUT2D eigenvalue weighted by Gasteiger charge is 2.20. The zero-order chi connectivity index (χ0) is 15.6. The van der Waals surface area contributed by atoms with E-state index in [0.717, 1.165) is 0 Å². The normalized spacial score (nSPS) is 10.2. The summed E-state index contributed by atoms with van der Waals surface area (Å²) in [6, 6.07) is 7.75. The Labute approximate surface area is 119 Å². The van der Waals surface area contributed by atoms with Crippen LogP contribution in [0.3, 0.4) is 0 Å². The lowest BCUT2D eigenvalue weighted by molar-refractivity contribution is -0.385. The number of halogens is 1. The molecule has 21 heavy (non-hydrogen) atoms. The highest BCUT2D eigenvalue weighted by atomic mass is 19.1. The van der Waals surface area contributed by atoms with Crippen molar-refractivity contribution in [3.63, 3.8) is 0 Å². The first-order valence-electron chi connectivity index (χ1n) is 6.00. The van der Waals surface area contributed by atoms with Gasteiger partial charge in [-0.2, -0.15) is 0 Å². The Kier molecular flexibility index (Phi) is 3.84. The van der Waals surface area contributed by atoms with Crippen LogP contribution in [0.15, 0.2) is 36.4 Å².